The van der Waals surface area contributed by atoms with Crippen LogP contribution in [0.1, 0.15) is 19.1 Å². The molecule has 7 nitrogen and oxygen atoms in total. The quantitative estimate of drug-likeness (QED) is 0.714. The van der Waals surface area contributed by atoms with Gasteiger partial charge >= 0.3 is 0 Å². The molecule has 0 saturated carbocycles. The molecular formula is C10H13BrN4O3S2. The van der Waals surface area contributed by atoms with Gasteiger partial charge in [0.2, 0.25) is 5.13 Å². The van der Waals surface area contributed by atoms with Crippen LogP contribution in [0.5, 0.6) is 0 Å². The molecule has 2 aromatic rings. The smallest absolute Gasteiger partial charge is 0.268 e. The summed E-state index contributed by atoms with van der Waals surface area (Å²) in [5, 5.41) is 10.6. The fraction of sp³-hybridized carbons (Fsp3) is 0.400. The van der Waals surface area contributed by atoms with E-state index in [0.717, 1.165) is 24.3 Å². The number of halogens is 1. The molecule has 0 spiro atoms. The van der Waals surface area contributed by atoms with Gasteiger partial charge < -0.3 is 9.73 Å². The molecule has 110 valence electrons. The van der Waals surface area contributed by atoms with Gasteiger partial charge in [0, 0.05) is 6.07 Å². The summed E-state index contributed by atoms with van der Waals surface area (Å²) in [7, 11) is -3.73. The van der Waals surface area contributed by atoms with Crippen LogP contribution >= 0.6 is 27.3 Å². The van der Waals surface area contributed by atoms with Crippen LogP contribution in [0.25, 0.3) is 0 Å². The summed E-state index contributed by atoms with van der Waals surface area (Å²) in [4.78, 5) is 0.0426. The van der Waals surface area contributed by atoms with Gasteiger partial charge in [-0.15, -0.1) is 10.2 Å². The minimum Gasteiger partial charge on any atom is -0.451 e. The Morgan fingerprint density at radius 1 is 1.50 bits per heavy atom. The Morgan fingerprint density at radius 2 is 2.30 bits per heavy atom. The molecular weight excluding hydrogens is 368 g/mol. The van der Waals surface area contributed by atoms with Gasteiger partial charge in [-0.25, -0.2) is 8.42 Å². The number of nitrogens with zero attached hydrogens (tertiary/aromatic N) is 2. The lowest BCUT2D eigenvalue weighted by Gasteiger charge is -2.01. The molecule has 0 unspecified atom stereocenters. The van der Waals surface area contributed by atoms with Crippen molar-refractivity contribution in [3.63, 3.8) is 0 Å². The summed E-state index contributed by atoms with van der Waals surface area (Å²) in [5.74, 6) is 0.544. The third-order valence-electron chi connectivity index (χ3n) is 2.30. The standard InChI is InChI=1S/C10H13BrN4O3S2/c1-2-3-12-5-7-4-8(9(11)18-7)20(16,17)15-10-14-13-6-19-10/h4,6,12H,2-3,5H2,1H3,(H,14,15). The first-order chi connectivity index (χ1) is 9.53. The van der Waals surface area contributed by atoms with Gasteiger partial charge in [-0.2, -0.15) is 0 Å². The Hall–Kier alpha value is -0.970. The van der Waals surface area contributed by atoms with Gasteiger partial charge in [0.15, 0.2) is 4.67 Å². The molecule has 0 aromatic carbocycles. The predicted octanol–water partition coefficient (Wildman–Crippen LogP) is 2.19. The predicted molar refractivity (Wildman–Crippen MR) is 79.1 cm³/mol. The van der Waals surface area contributed by atoms with Gasteiger partial charge in [0.1, 0.15) is 16.2 Å². The van der Waals surface area contributed by atoms with E-state index >= 15 is 0 Å². The number of aromatic nitrogens is 2. The second-order valence-electron chi connectivity index (χ2n) is 3.88. The number of sulfonamides is 1. The van der Waals surface area contributed by atoms with Crippen molar-refractivity contribution in [1.29, 1.82) is 0 Å². The number of rotatable bonds is 7. The van der Waals surface area contributed by atoms with Crippen molar-refractivity contribution in [2.75, 3.05) is 11.3 Å². The van der Waals surface area contributed by atoms with E-state index in [9.17, 15) is 8.42 Å². The first-order valence-electron chi connectivity index (χ1n) is 5.81. The summed E-state index contributed by atoms with van der Waals surface area (Å²) >= 11 is 4.22. The van der Waals surface area contributed by atoms with Crippen molar-refractivity contribution in [2.24, 2.45) is 0 Å². The first-order valence-corrected chi connectivity index (χ1v) is 8.96. The maximum absolute atomic E-state index is 12.2. The largest absolute Gasteiger partial charge is 0.451 e. The molecule has 0 aliphatic carbocycles. The average Bonchev–Trinajstić information content (AvgIpc) is 2.99. The maximum Gasteiger partial charge on any atom is 0.268 e. The monoisotopic (exact) mass is 380 g/mol. The van der Waals surface area contributed by atoms with Crippen LogP contribution in [-0.4, -0.2) is 25.2 Å². The van der Waals surface area contributed by atoms with Crippen molar-refractivity contribution < 1.29 is 12.8 Å². The van der Waals surface area contributed by atoms with Crippen molar-refractivity contribution in [2.45, 2.75) is 24.8 Å². The first kappa shape index (κ1) is 15.4. The average molecular weight is 381 g/mol. The van der Waals surface area contributed by atoms with E-state index in [0.29, 0.717) is 12.3 Å². The van der Waals surface area contributed by atoms with Crippen LogP contribution in [-0.2, 0) is 16.6 Å². The van der Waals surface area contributed by atoms with Crippen molar-refractivity contribution >= 4 is 42.4 Å². The molecule has 2 aromatic heterocycles. The highest BCUT2D eigenvalue weighted by atomic mass is 79.9. The normalized spacial score (nSPS) is 11.7. The van der Waals surface area contributed by atoms with Gasteiger partial charge in [-0.1, -0.05) is 18.3 Å². The molecule has 0 amide bonds. The third kappa shape index (κ3) is 3.78. The van der Waals surface area contributed by atoms with Gasteiger partial charge in [-0.3, -0.25) is 4.72 Å². The Bertz CT molecular complexity index is 654. The Morgan fingerprint density at radius 3 is 2.95 bits per heavy atom. The van der Waals surface area contributed by atoms with Crippen molar-refractivity contribution in [3.8, 4) is 0 Å². The summed E-state index contributed by atoms with van der Waals surface area (Å²) in [6, 6.07) is 1.48. The van der Waals surface area contributed by atoms with E-state index in [1.54, 1.807) is 0 Å². The van der Waals surface area contributed by atoms with E-state index in [-0.39, 0.29) is 14.7 Å². The summed E-state index contributed by atoms with van der Waals surface area (Å²) in [6.07, 6.45) is 0.992. The Balaban J connectivity index is 2.15. The minimum absolute atomic E-state index is 0.0426. The zero-order chi connectivity index (χ0) is 14.6. The number of furan rings is 1. The fourth-order valence-electron chi connectivity index (χ4n) is 1.44. The second-order valence-corrected chi connectivity index (χ2v) is 7.08. The van der Waals surface area contributed by atoms with Crippen molar-refractivity contribution in [3.05, 3.63) is 22.0 Å². The Labute approximate surface area is 129 Å². The number of hydrogen-bond donors (Lipinski definition) is 2. The van der Waals surface area contributed by atoms with Gasteiger partial charge in [0.05, 0.1) is 6.54 Å². The van der Waals surface area contributed by atoms with Gasteiger partial charge in [0.25, 0.3) is 10.0 Å². The molecule has 2 heterocycles. The topological polar surface area (TPSA) is 97.1 Å². The van der Waals surface area contributed by atoms with E-state index < -0.39 is 10.0 Å². The fourth-order valence-corrected chi connectivity index (χ4v) is 4.14. The molecule has 0 bridgehead atoms. The van der Waals surface area contributed by atoms with Crippen molar-refractivity contribution in [1.82, 2.24) is 15.5 Å². The van der Waals surface area contributed by atoms with E-state index in [4.69, 9.17) is 4.42 Å². The summed E-state index contributed by atoms with van der Waals surface area (Å²) in [6.45, 7) is 3.36. The maximum atomic E-state index is 12.2. The zero-order valence-corrected chi connectivity index (χ0v) is 13.8. The molecule has 2 N–H and O–H groups in total. The molecule has 2 rings (SSSR count). The summed E-state index contributed by atoms with van der Waals surface area (Å²) in [5.41, 5.74) is 1.45. The van der Waals surface area contributed by atoms with E-state index in [1.165, 1.54) is 11.6 Å². The highest BCUT2D eigenvalue weighted by Crippen LogP contribution is 2.28. The highest BCUT2D eigenvalue weighted by molar-refractivity contribution is 9.10. The molecule has 0 radical (unpaired) electrons. The van der Waals surface area contributed by atoms with Gasteiger partial charge in [-0.05, 0) is 28.9 Å². The lowest BCUT2D eigenvalue weighted by atomic mass is 10.4. The van der Waals surface area contributed by atoms with E-state index in [1.807, 2.05) is 6.92 Å². The molecule has 10 heteroatoms. The van der Waals surface area contributed by atoms with Crippen LogP contribution in [0.3, 0.4) is 0 Å². The second kappa shape index (κ2) is 6.66. The van der Waals surface area contributed by atoms with Crippen LogP contribution < -0.4 is 10.0 Å². The molecule has 0 aliphatic heterocycles. The molecule has 0 fully saturated rings. The Kier molecular flexibility index (Phi) is 5.13. The molecule has 0 aliphatic rings. The lowest BCUT2D eigenvalue weighted by molar-refractivity contribution is 0.461. The zero-order valence-electron chi connectivity index (χ0n) is 10.6. The van der Waals surface area contributed by atoms with Crippen LogP contribution in [0.2, 0.25) is 0 Å². The SMILES string of the molecule is CCCNCc1cc(S(=O)(=O)Nc2nncs2)c(Br)o1. The van der Waals surface area contributed by atoms with Crippen LogP contribution in [0, 0.1) is 0 Å². The molecule has 0 atom stereocenters. The summed E-state index contributed by atoms with van der Waals surface area (Å²) < 4.78 is 32.2. The third-order valence-corrected chi connectivity index (χ3v) is 5.24. The van der Waals surface area contributed by atoms with E-state index in [2.05, 4.69) is 36.2 Å². The van der Waals surface area contributed by atoms with Crippen LogP contribution in [0.4, 0.5) is 5.13 Å². The molecule has 0 saturated heterocycles. The number of anilines is 1. The van der Waals surface area contributed by atoms with Crippen LogP contribution in [0.15, 0.2) is 25.6 Å². The lowest BCUT2D eigenvalue weighted by Crippen LogP contribution is -2.14. The number of hydrogen-bond acceptors (Lipinski definition) is 7. The molecule has 20 heavy (non-hydrogen) atoms. The highest BCUT2D eigenvalue weighted by Gasteiger charge is 2.23. The minimum atomic E-state index is -3.73. The number of nitrogens with one attached hydrogen (secondary N) is 2.